The highest BCUT2D eigenvalue weighted by Crippen LogP contribution is 2.07. The Morgan fingerprint density at radius 1 is 0.632 bits per heavy atom. The van der Waals surface area contributed by atoms with E-state index < -0.39 is 24.2 Å². The van der Waals surface area contributed by atoms with E-state index in [9.17, 15) is 0 Å². The Hall–Kier alpha value is 0.0875. The van der Waals surface area contributed by atoms with Crippen LogP contribution in [0.1, 0.15) is 0 Å². The SMILES string of the molecule is C[Si](C)(C)c1ccc([Si](C)(C)C)c([Si](C)(C)C)c1[SiH3]. The minimum absolute atomic E-state index is 1.20. The van der Waals surface area contributed by atoms with Crippen molar-refractivity contribution in [2.45, 2.75) is 58.9 Å². The quantitative estimate of drug-likeness (QED) is 0.736. The number of benzene rings is 1. The maximum absolute atomic E-state index is 2.53. The second-order valence-corrected chi connectivity index (χ2v) is 25.0. The van der Waals surface area contributed by atoms with Gasteiger partial charge < -0.3 is 0 Å². The molecule has 108 valence electrons. The summed E-state index contributed by atoms with van der Waals surface area (Å²) in [5.74, 6) is 0. The predicted octanol–water partition coefficient (Wildman–Crippen LogP) is 1.31. The van der Waals surface area contributed by atoms with Crippen molar-refractivity contribution in [3.05, 3.63) is 12.1 Å². The highest BCUT2D eigenvalue weighted by atomic mass is 28.3. The van der Waals surface area contributed by atoms with Crippen LogP contribution in [0.25, 0.3) is 0 Å². The van der Waals surface area contributed by atoms with Crippen LogP contribution >= 0.6 is 0 Å². The van der Waals surface area contributed by atoms with Crippen molar-refractivity contribution in [3.63, 3.8) is 0 Å². The van der Waals surface area contributed by atoms with E-state index in [1.165, 1.54) is 10.2 Å². The van der Waals surface area contributed by atoms with Gasteiger partial charge in [-0.15, -0.1) is 0 Å². The first-order chi connectivity index (χ1) is 8.26. The third kappa shape index (κ3) is 3.80. The third-order valence-corrected chi connectivity index (χ3v) is 12.5. The van der Waals surface area contributed by atoms with Gasteiger partial charge in [-0.25, -0.2) is 0 Å². The van der Waals surface area contributed by atoms with Crippen LogP contribution in [0.4, 0.5) is 0 Å². The monoisotopic (exact) mass is 324 g/mol. The molecule has 0 saturated carbocycles. The van der Waals surface area contributed by atoms with E-state index in [4.69, 9.17) is 0 Å². The second-order valence-electron chi connectivity index (χ2n) is 8.91. The number of hydrogen-bond donors (Lipinski definition) is 0. The first-order valence-electron chi connectivity index (χ1n) is 7.41. The van der Waals surface area contributed by atoms with Gasteiger partial charge in [-0.05, 0) is 0 Å². The molecule has 0 radical (unpaired) electrons. The number of hydrogen-bond acceptors (Lipinski definition) is 0. The lowest BCUT2D eigenvalue weighted by Gasteiger charge is -2.33. The van der Waals surface area contributed by atoms with Gasteiger partial charge in [-0.1, -0.05) is 91.8 Å². The minimum atomic E-state index is -1.25. The summed E-state index contributed by atoms with van der Waals surface area (Å²) in [7, 11) is -2.46. The summed E-state index contributed by atoms with van der Waals surface area (Å²) in [5, 5.41) is 7.09. The Morgan fingerprint density at radius 2 is 1.00 bits per heavy atom. The minimum Gasteiger partial charge on any atom is -0.0723 e. The summed E-state index contributed by atoms with van der Waals surface area (Å²) in [6, 6.07) is 5.00. The van der Waals surface area contributed by atoms with Crippen molar-refractivity contribution in [3.8, 4) is 0 Å². The van der Waals surface area contributed by atoms with Gasteiger partial charge in [0.2, 0.25) is 0 Å². The standard InChI is InChI=1S/C15H32Si4/c1-17(2,3)12-10-11-13(18(4,5)6)15(14(12)16)19(7,8)9/h10-11H,1-9,16H3. The summed E-state index contributed by atoms with van der Waals surface area (Å²) in [5.41, 5.74) is 0. The summed E-state index contributed by atoms with van der Waals surface area (Å²) in [6.07, 6.45) is 0. The van der Waals surface area contributed by atoms with Gasteiger partial charge in [0.1, 0.15) is 0 Å². The first-order valence-corrected chi connectivity index (χ1v) is 18.9. The highest BCUT2D eigenvalue weighted by Gasteiger charge is 2.31. The van der Waals surface area contributed by atoms with Crippen molar-refractivity contribution < 1.29 is 0 Å². The van der Waals surface area contributed by atoms with Crippen molar-refractivity contribution in [1.82, 2.24) is 0 Å². The van der Waals surface area contributed by atoms with Crippen molar-refractivity contribution in [2.75, 3.05) is 0 Å². The Morgan fingerprint density at radius 3 is 1.32 bits per heavy atom. The second kappa shape index (κ2) is 5.13. The predicted molar refractivity (Wildman–Crippen MR) is 105 cm³/mol. The molecule has 0 bridgehead atoms. The molecule has 0 heterocycles. The van der Waals surface area contributed by atoms with Crippen LogP contribution in [0.2, 0.25) is 58.9 Å². The molecule has 0 fully saturated rings. The fourth-order valence-corrected chi connectivity index (χ4v) is 16.2. The van der Waals surface area contributed by atoms with Gasteiger partial charge in [0.05, 0.1) is 24.2 Å². The maximum Gasteiger partial charge on any atom is 0.0774 e. The van der Waals surface area contributed by atoms with E-state index in [0.717, 1.165) is 0 Å². The lowest BCUT2D eigenvalue weighted by molar-refractivity contribution is 1.68. The molecule has 1 aromatic carbocycles. The molecule has 0 saturated heterocycles. The van der Waals surface area contributed by atoms with Gasteiger partial charge in [-0.3, -0.25) is 0 Å². The molecule has 0 atom stereocenters. The normalized spacial score (nSPS) is 13.9. The Balaban J connectivity index is 3.71. The van der Waals surface area contributed by atoms with Gasteiger partial charge in [0, 0.05) is 10.2 Å². The lowest BCUT2D eigenvalue weighted by atomic mass is 10.3. The zero-order valence-electron chi connectivity index (χ0n) is 14.7. The Labute approximate surface area is 126 Å². The van der Waals surface area contributed by atoms with Crippen LogP contribution in [0.15, 0.2) is 12.1 Å². The zero-order chi connectivity index (χ0) is 15.2. The summed E-state index contributed by atoms with van der Waals surface area (Å²) >= 11 is 0. The van der Waals surface area contributed by atoms with Crippen LogP contribution in [-0.4, -0.2) is 34.5 Å². The lowest BCUT2D eigenvalue weighted by Crippen LogP contribution is -2.67. The van der Waals surface area contributed by atoms with Crippen LogP contribution in [0.5, 0.6) is 0 Å². The molecule has 0 aliphatic carbocycles. The molecule has 0 N–H and O–H groups in total. The van der Waals surface area contributed by atoms with Crippen molar-refractivity contribution >= 4 is 55.2 Å². The molecule has 1 rings (SSSR count). The molecule has 0 spiro atoms. The van der Waals surface area contributed by atoms with E-state index >= 15 is 0 Å². The van der Waals surface area contributed by atoms with Gasteiger partial charge >= 0.3 is 0 Å². The van der Waals surface area contributed by atoms with Crippen LogP contribution in [0.3, 0.4) is 0 Å². The number of rotatable bonds is 3. The fraction of sp³-hybridized carbons (Fsp3) is 0.600. The molecular formula is C15H32Si4. The molecule has 0 aliphatic rings. The van der Waals surface area contributed by atoms with E-state index in [2.05, 4.69) is 71.1 Å². The van der Waals surface area contributed by atoms with E-state index in [1.54, 1.807) is 15.6 Å². The zero-order valence-corrected chi connectivity index (χ0v) is 19.7. The Kier molecular flexibility index (Phi) is 4.63. The summed E-state index contributed by atoms with van der Waals surface area (Å²) in [6.45, 7) is 22.6. The van der Waals surface area contributed by atoms with Gasteiger partial charge in [0.25, 0.3) is 0 Å². The van der Waals surface area contributed by atoms with Crippen LogP contribution in [0, 0.1) is 0 Å². The molecule has 0 amide bonds. The summed E-state index contributed by atoms with van der Waals surface area (Å²) < 4.78 is 0. The van der Waals surface area contributed by atoms with E-state index in [0.29, 0.717) is 0 Å². The van der Waals surface area contributed by atoms with Crippen LogP contribution < -0.4 is 20.7 Å². The summed E-state index contributed by atoms with van der Waals surface area (Å²) in [4.78, 5) is 0. The van der Waals surface area contributed by atoms with Gasteiger partial charge in [0.15, 0.2) is 0 Å². The van der Waals surface area contributed by atoms with Gasteiger partial charge in [-0.2, -0.15) is 0 Å². The first kappa shape index (κ1) is 17.1. The van der Waals surface area contributed by atoms with Crippen molar-refractivity contribution in [2.24, 2.45) is 0 Å². The van der Waals surface area contributed by atoms with Crippen LogP contribution in [-0.2, 0) is 0 Å². The molecule has 4 heteroatoms. The molecule has 1 aromatic rings. The van der Waals surface area contributed by atoms with Crippen molar-refractivity contribution in [1.29, 1.82) is 0 Å². The van der Waals surface area contributed by atoms with E-state index in [-0.39, 0.29) is 0 Å². The fourth-order valence-electron chi connectivity index (χ4n) is 3.12. The molecule has 0 unspecified atom stereocenters. The Bertz CT molecular complexity index is 471. The molecule has 19 heavy (non-hydrogen) atoms. The molecular weight excluding hydrogens is 293 g/mol. The largest absolute Gasteiger partial charge is 0.0774 e. The molecule has 0 aromatic heterocycles. The third-order valence-electron chi connectivity index (χ3n) is 3.83. The maximum atomic E-state index is 2.53. The highest BCUT2D eigenvalue weighted by molar-refractivity contribution is 7.02. The topological polar surface area (TPSA) is 0 Å². The smallest absolute Gasteiger partial charge is 0.0723 e. The molecule has 0 aliphatic heterocycles. The average molecular weight is 325 g/mol. The van der Waals surface area contributed by atoms with E-state index in [1.807, 2.05) is 5.19 Å². The molecule has 0 nitrogen and oxygen atoms in total. The average Bonchev–Trinajstić information content (AvgIpc) is 2.11.